The van der Waals surface area contributed by atoms with Crippen LogP contribution in [0.3, 0.4) is 0 Å². The molecule has 62 valence electrons. The third-order valence-electron chi connectivity index (χ3n) is 1.19. The summed E-state index contributed by atoms with van der Waals surface area (Å²) in [6.45, 7) is 1.11. The summed E-state index contributed by atoms with van der Waals surface area (Å²) in [5.74, 6) is -3.94. The number of rotatable bonds is 4. The van der Waals surface area contributed by atoms with Crippen LogP contribution in [0.4, 0.5) is 0 Å². The van der Waals surface area contributed by atoms with E-state index in [1.807, 2.05) is 0 Å². The second kappa shape index (κ2) is 3.70. The number of Topliss-reactive ketones (excluding diaryl/α,β-unsaturated/α-hetero) is 1. The zero-order valence-electron chi connectivity index (χ0n) is 6.03. The fraction of sp³-hybridized carbons (Fsp3) is 0.500. The zero-order valence-corrected chi connectivity index (χ0v) is 6.03. The van der Waals surface area contributed by atoms with Crippen LogP contribution in [0.5, 0.6) is 0 Å². The van der Waals surface area contributed by atoms with Crippen LogP contribution in [0.15, 0.2) is 0 Å². The molecular weight excluding hydrogens is 150 g/mol. The highest BCUT2D eigenvalue weighted by Crippen LogP contribution is 2.03. The Hall–Kier alpha value is -1.39. The van der Waals surface area contributed by atoms with E-state index in [0.717, 1.165) is 6.92 Å². The van der Waals surface area contributed by atoms with Gasteiger partial charge in [-0.3, -0.25) is 14.4 Å². The maximum absolute atomic E-state index is 10.5. The third kappa shape index (κ3) is 3.34. The van der Waals surface area contributed by atoms with Crippen molar-refractivity contribution in [2.45, 2.75) is 13.3 Å². The van der Waals surface area contributed by atoms with Crippen LogP contribution in [0, 0.1) is 5.92 Å². The average Bonchev–Trinajstić information content (AvgIpc) is 1.81. The minimum Gasteiger partial charge on any atom is -0.481 e. The van der Waals surface area contributed by atoms with Crippen molar-refractivity contribution in [2.75, 3.05) is 0 Å². The standard InChI is InChI=1S/C6H9NO4/c1-3(8)4(6(10)11)2-5(7)9/h4H,2H2,1H3,(H2,7,9)(H,10,11). The number of carbonyl (C=O) groups excluding carboxylic acids is 2. The van der Waals surface area contributed by atoms with E-state index in [1.165, 1.54) is 0 Å². The summed E-state index contributed by atoms with van der Waals surface area (Å²) in [6, 6.07) is 0. The molecule has 0 bridgehead atoms. The summed E-state index contributed by atoms with van der Waals surface area (Å²) in [7, 11) is 0. The van der Waals surface area contributed by atoms with Crippen molar-refractivity contribution in [3.63, 3.8) is 0 Å². The quantitative estimate of drug-likeness (QED) is 0.522. The van der Waals surface area contributed by atoms with Crippen molar-refractivity contribution in [3.8, 4) is 0 Å². The lowest BCUT2D eigenvalue weighted by Crippen LogP contribution is -2.27. The van der Waals surface area contributed by atoms with E-state index in [0.29, 0.717) is 0 Å². The molecule has 5 nitrogen and oxygen atoms in total. The Morgan fingerprint density at radius 1 is 1.45 bits per heavy atom. The Labute approximate surface area is 63.2 Å². The van der Waals surface area contributed by atoms with Gasteiger partial charge in [-0.1, -0.05) is 0 Å². The first-order valence-electron chi connectivity index (χ1n) is 2.96. The predicted octanol–water partition coefficient (Wildman–Crippen LogP) is -0.848. The molecule has 3 N–H and O–H groups in total. The number of aliphatic carboxylic acids is 1. The Morgan fingerprint density at radius 3 is 2.00 bits per heavy atom. The summed E-state index contributed by atoms with van der Waals surface area (Å²) in [5, 5.41) is 8.36. The number of ketones is 1. The number of hydrogen-bond acceptors (Lipinski definition) is 3. The van der Waals surface area contributed by atoms with Crippen LogP contribution in [-0.4, -0.2) is 22.8 Å². The summed E-state index contributed by atoms with van der Waals surface area (Å²) in [4.78, 5) is 31.0. The molecule has 0 aromatic heterocycles. The molecule has 0 radical (unpaired) electrons. The fourth-order valence-corrected chi connectivity index (χ4v) is 0.606. The van der Waals surface area contributed by atoms with Crippen molar-refractivity contribution >= 4 is 17.7 Å². The molecule has 1 atom stereocenters. The van der Waals surface area contributed by atoms with E-state index in [9.17, 15) is 14.4 Å². The molecule has 0 saturated carbocycles. The Bertz CT molecular complexity index is 185. The first-order chi connectivity index (χ1) is 4.95. The number of carboxylic acids is 1. The highest BCUT2D eigenvalue weighted by molar-refractivity contribution is 6.00. The van der Waals surface area contributed by atoms with E-state index in [1.54, 1.807) is 0 Å². The van der Waals surface area contributed by atoms with Crippen molar-refractivity contribution < 1.29 is 19.5 Å². The Balaban J connectivity index is 4.23. The summed E-state index contributed by atoms with van der Waals surface area (Å²) in [5.41, 5.74) is 4.71. The number of carboxylic acid groups (broad SMARTS) is 1. The molecule has 0 aliphatic carbocycles. The molecule has 0 aliphatic rings. The van der Waals surface area contributed by atoms with Crippen LogP contribution in [0.25, 0.3) is 0 Å². The minimum atomic E-state index is -1.31. The first-order valence-corrected chi connectivity index (χ1v) is 2.96. The highest BCUT2D eigenvalue weighted by Gasteiger charge is 2.24. The third-order valence-corrected chi connectivity index (χ3v) is 1.19. The van der Waals surface area contributed by atoms with E-state index < -0.39 is 30.0 Å². The van der Waals surface area contributed by atoms with Gasteiger partial charge in [0.15, 0.2) is 0 Å². The van der Waals surface area contributed by atoms with Gasteiger partial charge < -0.3 is 10.8 Å². The molecule has 11 heavy (non-hydrogen) atoms. The maximum atomic E-state index is 10.5. The predicted molar refractivity (Wildman–Crippen MR) is 35.6 cm³/mol. The first kappa shape index (κ1) is 9.61. The van der Waals surface area contributed by atoms with Crippen LogP contribution >= 0.6 is 0 Å². The van der Waals surface area contributed by atoms with Gasteiger partial charge >= 0.3 is 5.97 Å². The molecule has 0 aliphatic heterocycles. The number of hydrogen-bond donors (Lipinski definition) is 2. The van der Waals surface area contributed by atoms with Gasteiger partial charge in [0.05, 0.1) is 0 Å². The zero-order chi connectivity index (χ0) is 9.02. The smallest absolute Gasteiger partial charge is 0.314 e. The van der Waals surface area contributed by atoms with Crippen molar-refractivity contribution in [3.05, 3.63) is 0 Å². The molecule has 0 rings (SSSR count). The summed E-state index contributed by atoms with van der Waals surface area (Å²) >= 11 is 0. The Kier molecular flexibility index (Phi) is 3.23. The summed E-state index contributed by atoms with van der Waals surface area (Å²) in [6.07, 6.45) is -0.426. The van der Waals surface area contributed by atoms with E-state index in [4.69, 9.17) is 10.8 Å². The molecule has 5 heteroatoms. The molecule has 0 spiro atoms. The molecule has 1 unspecified atom stereocenters. The fourth-order valence-electron chi connectivity index (χ4n) is 0.606. The second-order valence-electron chi connectivity index (χ2n) is 2.17. The van der Waals surface area contributed by atoms with Crippen LogP contribution in [0.2, 0.25) is 0 Å². The lowest BCUT2D eigenvalue weighted by Gasteiger charge is -2.03. The Morgan fingerprint density at radius 2 is 1.91 bits per heavy atom. The number of carbonyl (C=O) groups is 3. The number of primary amides is 1. The van der Waals surface area contributed by atoms with Gasteiger partial charge in [-0.15, -0.1) is 0 Å². The van der Waals surface area contributed by atoms with E-state index in [2.05, 4.69) is 0 Å². The van der Waals surface area contributed by atoms with Crippen LogP contribution in [0.1, 0.15) is 13.3 Å². The van der Waals surface area contributed by atoms with Gasteiger partial charge in [0.1, 0.15) is 11.7 Å². The number of nitrogens with two attached hydrogens (primary N) is 1. The lowest BCUT2D eigenvalue weighted by molar-refractivity contribution is -0.147. The SMILES string of the molecule is CC(=O)C(CC(N)=O)C(=O)O. The van der Waals surface area contributed by atoms with Crippen molar-refractivity contribution in [1.29, 1.82) is 0 Å². The van der Waals surface area contributed by atoms with Gasteiger partial charge in [-0.2, -0.15) is 0 Å². The summed E-state index contributed by atoms with van der Waals surface area (Å²) < 4.78 is 0. The van der Waals surface area contributed by atoms with Gasteiger partial charge in [-0.25, -0.2) is 0 Å². The van der Waals surface area contributed by atoms with E-state index >= 15 is 0 Å². The molecule has 0 saturated heterocycles. The normalized spacial score (nSPS) is 12.1. The van der Waals surface area contributed by atoms with E-state index in [-0.39, 0.29) is 0 Å². The second-order valence-corrected chi connectivity index (χ2v) is 2.17. The van der Waals surface area contributed by atoms with Gasteiger partial charge in [0.2, 0.25) is 5.91 Å². The molecule has 0 aromatic rings. The lowest BCUT2D eigenvalue weighted by atomic mass is 10.0. The van der Waals surface area contributed by atoms with Gasteiger partial charge in [0, 0.05) is 6.42 Å². The molecule has 1 amide bonds. The number of amides is 1. The molecular formula is C6H9NO4. The monoisotopic (exact) mass is 159 g/mol. The molecule has 0 aromatic carbocycles. The van der Waals surface area contributed by atoms with Crippen molar-refractivity contribution in [1.82, 2.24) is 0 Å². The molecule has 0 heterocycles. The molecule has 0 fully saturated rings. The van der Waals surface area contributed by atoms with Crippen LogP contribution < -0.4 is 5.73 Å². The largest absolute Gasteiger partial charge is 0.481 e. The van der Waals surface area contributed by atoms with Crippen molar-refractivity contribution in [2.24, 2.45) is 11.7 Å². The van der Waals surface area contributed by atoms with Gasteiger partial charge in [0.25, 0.3) is 0 Å². The van der Waals surface area contributed by atoms with Gasteiger partial charge in [-0.05, 0) is 6.92 Å². The average molecular weight is 159 g/mol. The maximum Gasteiger partial charge on any atom is 0.314 e. The van der Waals surface area contributed by atoms with Crippen LogP contribution in [-0.2, 0) is 14.4 Å². The topological polar surface area (TPSA) is 97.5 Å². The minimum absolute atomic E-state index is 0.426. The highest BCUT2D eigenvalue weighted by atomic mass is 16.4.